The molecule has 0 saturated carbocycles. The first-order valence-corrected chi connectivity index (χ1v) is 9.55. The van der Waals surface area contributed by atoms with Crippen LogP contribution in [0.2, 0.25) is 0 Å². The lowest BCUT2D eigenvalue weighted by Gasteiger charge is -2.20. The summed E-state index contributed by atoms with van der Waals surface area (Å²) >= 11 is 0. The summed E-state index contributed by atoms with van der Waals surface area (Å²) in [5.41, 5.74) is 4.57. The van der Waals surface area contributed by atoms with Crippen LogP contribution in [-0.2, 0) is 17.6 Å². The molecule has 138 valence electrons. The number of pyridine rings is 1. The molecule has 0 radical (unpaired) electrons. The van der Waals surface area contributed by atoms with Crippen LogP contribution >= 0.6 is 0 Å². The third-order valence-corrected chi connectivity index (χ3v) is 4.87. The fraction of sp³-hybridized carbons (Fsp3) is 0.318. The van der Waals surface area contributed by atoms with Crippen molar-refractivity contribution in [1.29, 1.82) is 0 Å². The number of nitrogens with one attached hydrogen (secondary N) is 1. The fourth-order valence-electron chi connectivity index (χ4n) is 3.54. The van der Waals surface area contributed by atoms with E-state index in [1.54, 1.807) is 12.4 Å². The molecule has 3 aromatic rings. The molecule has 27 heavy (non-hydrogen) atoms. The van der Waals surface area contributed by atoms with Crippen molar-refractivity contribution >= 4 is 5.82 Å². The number of anilines is 1. The van der Waals surface area contributed by atoms with Crippen molar-refractivity contribution in [3.8, 4) is 11.4 Å². The number of ether oxygens (including phenoxy) is 1. The summed E-state index contributed by atoms with van der Waals surface area (Å²) < 4.78 is 5.97. The normalized spacial score (nSPS) is 14.0. The quantitative estimate of drug-likeness (QED) is 0.684. The number of hydrogen-bond acceptors (Lipinski definition) is 5. The van der Waals surface area contributed by atoms with Crippen LogP contribution in [0.25, 0.3) is 11.4 Å². The average molecular weight is 360 g/mol. The van der Waals surface area contributed by atoms with E-state index in [0.29, 0.717) is 13.2 Å². The molecule has 0 amide bonds. The highest BCUT2D eigenvalue weighted by Gasteiger charge is 2.21. The molecule has 1 aliphatic rings. The Morgan fingerprint density at radius 2 is 1.85 bits per heavy atom. The van der Waals surface area contributed by atoms with Crippen LogP contribution in [-0.4, -0.2) is 28.1 Å². The zero-order valence-electron chi connectivity index (χ0n) is 15.6. The van der Waals surface area contributed by atoms with Crippen LogP contribution in [0.1, 0.15) is 36.3 Å². The van der Waals surface area contributed by atoms with E-state index in [4.69, 9.17) is 14.7 Å². The maximum Gasteiger partial charge on any atom is 0.161 e. The van der Waals surface area contributed by atoms with Gasteiger partial charge in [0.15, 0.2) is 5.82 Å². The van der Waals surface area contributed by atoms with Crippen molar-refractivity contribution in [3.05, 3.63) is 71.7 Å². The first-order chi connectivity index (χ1) is 13.3. The largest absolute Gasteiger partial charge is 0.372 e. The predicted octanol–water partition coefficient (Wildman–Crippen LogP) is 4.22. The highest BCUT2D eigenvalue weighted by atomic mass is 16.5. The lowest BCUT2D eigenvalue weighted by Crippen LogP contribution is -2.18. The predicted molar refractivity (Wildman–Crippen MR) is 107 cm³/mol. The van der Waals surface area contributed by atoms with Crippen molar-refractivity contribution in [2.24, 2.45) is 0 Å². The number of fused-ring (bicyclic) bond motifs is 1. The van der Waals surface area contributed by atoms with Gasteiger partial charge in [-0.05, 0) is 43.9 Å². The molecule has 0 saturated heterocycles. The van der Waals surface area contributed by atoms with Gasteiger partial charge < -0.3 is 10.1 Å². The monoisotopic (exact) mass is 360 g/mol. The summed E-state index contributed by atoms with van der Waals surface area (Å²) in [5, 5.41) is 3.55. The van der Waals surface area contributed by atoms with Crippen molar-refractivity contribution in [2.45, 2.75) is 32.3 Å². The first-order valence-electron chi connectivity index (χ1n) is 9.55. The highest BCUT2D eigenvalue weighted by Crippen LogP contribution is 2.30. The van der Waals surface area contributed by atoms with Gasteiger partial charge in [-0.1, -0.05) is 30.3 Å². The maximum atomic E-state index is 5.97. The molecule has 0 fully saturated rings. The van der Waals surface area contributed by atoms with Crippen LogP contribution in [0.15, 0.2) is 54.9 Å². The number of rotatable bonds is 7. The first kappa shape index (κ1) is 17.6. The van der Waals surface area contributed by atoms with Crippen LogP contribution in [0.4, 0.5) is 5.82 Å². The minimum Gasteiger partial charge on any atom is -0.372 e. The Balaban J connectivity index is 1.60. The van der Waals surface area contributed by atoms with E-state index < -0.39 is 0 Å². The molecule has 0 spiro atoms. The zero-order valence-corrected chi connectivity index (χ0v) is 15.6. The molecule has 2 heterocycles. The molecule has 4 rings (SSSR count). The summed E-state index contributed by atoms with van der Waals surface area (Å²) in [5.74, 6) is 1.69. The smallest absolute Gasteiger partial charge is 0.161 e. The summed E-state index contributed by atoms with van der Waals surface area (Å²) in [6.07, 6.45) is 6.72. The topological polar surface area (TPSA) is 59.9 Å². The van der Waals surface area contributed by atoms with E-state index in [-0.39, 0.29) is 6.10 Å². The van der Waals surface area contributed by atoms with E-state index in [2.05, 4.69) is 22.4 Å². The van der Waals surface area contributed by atoms with Gasteiger partial charge in [0.2, 0.25) is 0 Å². The van der Waals surface area contributed by atoms with Crippen LogP contribution in [0, 0.1) is 0 Å². The Morgan fingerprint density at radius 3 is 2.63 bits per heavy atom. The molecule has 5 nitrogen and oxygen atoms in total. The third-order valence-electron chi connectivity index (χ3n) is 4.87. The summed E-state index contributed by atoms with van der Waals surface area (Å²) in [4.78, 5) is 13.7. The van der Waals surface area contributed by atoms with Crippen LogP contribution in [0.5, 0.6) is 0 Å². The lowest BCUT2D eigenvalue weighted by molar-refractivity contribution is 0.0718. The number of nitrogens with zero attached hydrogens (tertiary/aromatic N) is 3. The molecular weight excluding hydrogens is 336 g/mol. The minimum absolute atomic E-state index is 0.00686. The standard InChI is InChI=1S/C22H24N4O/c1-2-27-20(16-7-4-3-5-8-16)15-24-22-18-9-6-10-19(18)25-21(26-22)17-11-13-23-14-12-17/h3-5,7-8,11-14,20H,2,6,9-10,15H2,1H3,(H,24,25,26). The number of aryl methyl sites for hydroxylation is 1. The van der Waals surface area contributed by atoms with Gasteiger partial charge in [0, 0.05) is 42.4 Å². The van der Waals surface area contributed by atoms with Crippen molar-refractivity contribution in [3.63, 3.8) is 0 Å². The molecule has 0 bridgehead atoms. The molecule has 5 heteroatoms. The number of aromatic nitrogens is 3. The molecule has 1 aliphatic carbocycles. The average Bonchev–Trinajstić information content (AvgIpc) is 3.21. The van der Waals surface area contributed by atoms with E-state index in [1.165, 1.54) is 11.1 Å². The van der Waals surface area contributed by atoms with E-state index >= 15 is 0 Å². The van der Waals surface area contributed by atoms with Crippen LogP contribution in [0.3, 0.4) is 0 Å². The Hall–Kier alpha value is -2.79. The molecular formula is C22H24N4O. The van der Waals surface area contributed by atoms with Crippen molar-refractivity contribution in [1.82, 2.24) is 15.0 Å². The fourth-order valence-corrected chi connectivity index (χ4v) is 3.54. The molecule has 1 atom stereocenters. The van der Waals surface area contributed by atoms with Gasteiger partial charge in [-0.3, -0.25) is 4.98 Å². The SMILES string of the molecule is CCOC(CNc1nc(-c2ccncc2)nc2c1CCC2)c1ccccc1. The van der Waals surface area contributed by atoms with Crippen molar-refractivity contribution in [2.75, 3.05) is 18.5 Å². The lowest BCUT2D eigenvalue weighted by atomic mass is 10.1. The van der Waals surface area contributed by atoms with Crippen LogP contribution < -0.4 is 5.32 Å². The summed E-state index contributed by atoms with van der Waals surface area (Å²) in [6, 6.07) is 14.2. The molecule has 1 N–H and O–H groups in total. The number of benzene rings is 1. The molecule has 2 aromatic heterocycles. The molecule has 1 unspecified atom stereocenters. The third kappa shape index (κ3) is 3.98. The number of hydrogen-bond donors (Lipinski definition) is 1. The zero-order chi connectivity index (χ0) is 18.5. The summed E-state index contributed by atoms with van der Waals surface area (Å²) in [6.45, 7) is 3.38. The maximum absolute atomic E-state index is 5.97. The Bertz CT molecular complexity index is 884. The van der Waals surface area contributed by atoms with Gasteiger partial charge in [-0.25, -0.2) is 9.97 Å². The van der Waals surface area contributed by atoms with Gasteiger partial charge >= 0.3 is 0 Å². The second kappa shape index (κ2) is 8.27. The van der Waals surface area contributed by atoms with Gasteiger partial charge in [-0.15, -0.1) is 0 Å². The summed E-state index contributed by atoms with van der Waals surface area (Å²) in [7, 11) is 0. The second-order valence-corrected chi connectivity index (χ2v) is 6.65. The van der Waals surface area contributed by atoms with E-state index in [1.807, 2.05) is 37.3 Å². The Kier molecular flexibility index (Phi) is 5.39. The minimum atomic E-state index is -0.00686. The van der Waals surface area contributed by atoms with Gasteiger partial charge in [-0.2, -0.15) is 0 Å². The molecule has 0 aliphatic heterocycles. The van der Waals surface area contributed by atoms with Gasteiger partial charge in [0.05, 0.1) is 6.10 Å². The van der Waals surface area contributed by atoms with E-state index in [9.17, 15) is 0 Å². The Labute approximate surface area is 159 Å². The highest BCUT2D eigenvalue weighted by molar-refractivity contribution is 5.60. The van der Waals surface area contributed by atoms with Gasteiger partial charge in [0.1, 0.15) is 5.82 Å². The second-order valence-electron chi connectivity index (χ2n) is 6.65. The van der Waals surface area contributed by atoms with Crippen molar-refractivity contribution < 1.29 is 4.74 Å². The molecule has 1 aromatic carbocycles. The van der Waals surface area contributed by atoms with E-state index in [0.717, 1.165) is 42.2 Å². The Morgan fingerprint density at radius 1 is 1.04 bits per heavy atom. The van der Waals surface area contributed by atoms with Gasteiger partial charge in [0.25, 0.3) is 0 Å².